The maximum atomic E-state index is 12.3. The van der Waals surface area contributed by atoms with E-state index in [4.69, 9.17) is 9.47 Å². The summed E-state index contributed by atoms with van der Waals surface area (Å²) in [6.45, 7) is 2.52. The van der Waals surface area contributed by atoms with Crippen molar-refractivity contribution in [3.8, 4) is 16.3 Å². The van der Waals surface area contributed by atoms with Crippen LogP contribution in [0.5, 0.6) is 5.75 Å². The number of carbonyl (C=O) groups is 1. The van der Waals surface area contributed by atoms with E-state index in [2.05, 4.69) is 4.98 Å². The van der Waals surface area contributed by atoms with Crippen LogP contribution in [0.4, 0.5) is 0 Å². The lowest BCUT2D eigenvalue weighted by molar-refractivity contribution is 0.0464. The lowest BCUT2D eigenvalue weighted by Crippen LogP contribution is -2.08. The molecule has 0 fully saturated rings. The molecule has 3 rings (SSSR count). The number of hydrogen-bond donors (Lipinski definition) is 0. The minimum Gasteiger partial charge on any atom is -0.493 e. The molecule has 0 saturated heterocycles. The van der Waals surface area contributed by atoms with Crippen LogP contribution < -0.4 is 4.74 Å². The molecule has 2 aromatic carbocycles. The van der Waals surface area contributed by atoms with Crippen molar-refractivity contribution in [2.24, 2.45) is 0 Å². The summed E-state index contributed by atoms with van der Waals surface area (Å²) in [6.07, 6.45) is 0. The van der Waals surface area contributed by atoms with Crippen LogP contribution >= 0.6 is 11.3 Å². The minimum absolute atomic E-state index is 0.141. The molecular formula is C19H17NO3S. The maximum absolute atomic E-state index is 12.3. The number of esters is 1. The van der Waals surface area contributed by atoms with Crippen LogP contribution in [0.15, 0.2) is 60.0 Å². The second kappa shape index (κ2) is 7.75. The summed E-state index contributed by atoms with van der Waals surface area (Å²) in [4.78, 5) is 16.8. The molecule has 0 aliphatic carbocycles. The van der Waals surface area contributed by atoms with Crippen molar-refractivity contribution in [1.29, 1.82) is 0 Å². The molecular weight excluding hydrogens is 322 g/mol. The van der Waals surface area contributed by atoms with E-state index in [0.717, 1.165) is 16.3 Å². The largest absolute Gasteiger partial charge is 0.493 e. The molecule has 5 heteroatoms. The molecule has 1 aromatic heterocycles. The van der Waals surface area contributed by atoms with E-state index >= 15 is 0 Å². The van der Waals surface area contributed by atoms with Gasteiger partial charge in [0.2, 0.25) is 0 Å². The number of rotatable bonds is 6. The Morgan fingerprint density at radius 2 is 1.83 bits per heavy atom. The fourth-order valence-corrected chi connectivity index (χ4v) is 3.03. The number of para-hydroxylation sites is 1. The lowest BCUT2D eigenvalue weighted by atomic mass is 10.2. The Labute approximate surface area is 144 Å². The molecule has 0 aliphatic rings. The Morgan fingerprint density at radius 1 is 1.08 bits per heavy atom. The Balaban J connectivity index is 1.66. The van der Waals surface area contributed by atoms with Crippen molar-refractivity contribution in [1.82, 2.24) is 4.98 Å². The number of nitrogens with zero attached hydrogens (tertiary/aromatic N) is 1. The molecule has 24 heavy (non-hydrogen) atoms. The molecule has 1 heterocycles. The number of hydrogen-bond acceptors (Lipinski definition) is 5. The summed E-state index contributed by atoms with van der Waals surface area (Å²) < 4.78 is 10.8. The van der Waals surface area contributed by atoms with Crippen LogP contribution in [0.25, 0.3) is 10.6 Å². The predicted molar refractivity (Wildman–Crippen MR) is 94.3 cm³/mol. The van der Waals surface area contributed by atoms with Crippen molar-refractivity contribution in [3.63, 3.8) is 0 Å². The van der Waals surface area contributed by atoms with E-state index in [-0.39, 0.29) is 6.61 Å². The van der Waals surface area contributed by atoms with Gasteiger partial charge in [-0.1, -0.05) is 42.5 Å². The predicted octanol–water partition coefficient (Wildman–Crippen LogP) is 4.57. The van der Waals surface area contributed by atoms with Gasteiger partial charge < -0.3 is 9.47 Å². The summed E-state index contributed by atoms with van der Waals surface area (Å²) in [5.74, 6) is 0.126. The van der Waals surface area contributed by atoms with E-state index in [1.54, 1.807) is 18.2 Å². The van der Waals surface area contributed by atoms with Gasteiger partial charge in [-0.15, -0.1) is 11.3 Å². The maximum Gasteiger partial charge on any atom is 0.342 e. The van der Waals surface area contributed by atoms with Gasteiger partial charge in [-0.2, -0.15) is 0 Å². The molecule has 0 unspecified atom stereocenters. The standard InChI is InChI=1S/C19H17NO3S/c1-2-22-17-11-7-6-10-16(17)19(21)23-12-15-13-24-18(20-15)14-8-4-3-5-9-14/h3-11,13H,2,12H2,1H3. The van der Waals surface area contributed by atoms with Gasteiger partial charge in [-0.25, -0.2) is 9.78 Å². The summed E-state index contributed by atoms with van der Waals surface area (Å²) >= 11 is 1.53. The van der Waals surface area contributed by atoms with Gasteiger partial charge in [0.25, 0.3) is 0 Å². The topological polar surface area (TPSA) is 48.4 Å². The van der Waals surface area contributed by atoms with Gasteiger partial charge in [-0.3, -0.25) is 0 Å². The first kappa shape index (κ1) is 16.2. The number of thiazole rings is 1. The van der Waals surface area contributed by atoms with Gasteiger partial charge in [-0.05, 0) is 19.1 Å². The Bertz CT molecular complexity index is 814. The number of benzene rings is 2. The third-order valence-corrected chi connectivity index (χ3v) is 4.27. The van der Waals surface area contributed by atoms with Crippen LogP contribution in [0.3, 0.4) is 0 Å². The molecule has 4 nitrogen and oxygen atoms in total. The van der Waals surface area contributed by atoms with Gasteiger partial charge in [0.1, 0.15) is 22.9 Å². The Hall–Kier alpha value is -2.66. The quantitative estimate of drug-likeness (QED) is 0.618. The van der Waals surface area contributed by atoms with Gasteiger partial charge in [0.15, 0.2) is 0 Å². The van der Waals surface area contributed by atoms with Gasteiger partial charge in [0.05, 0.1) is 12.3 Å². The normalized spacial score (nSPS) is 10.4. The second-order valence-corrected chi connectivity index (χ2v) is 5.87. The van der Waals surface area contributed by atoms with Gasteiger partial charge >= 0.3 is 5.97 Å². The highest BCUT2D eigenvalue weighted by molar-refractivity contribution is 7.13. The van der Waals surface area contributed by atoms with E-state index in [1.165, 1.54) is 11.3 Å². The molecule has 122 valence electrons. The van der Waals surface area contributed by atoms with Crippen LogP contribution in [0, 0.1) is 0 Å². The number of aromatic nitrogens is 1. The summed E-state index contributed by atoms with van der Waals surface area (Å²) in [6, 6.07) is 17.0. The van der Waals surface area contributed by atoms with Crippen LogP contribution in [-0.2, 0) is 11.3 Å². The van der Waals surface area contributed by atoms with Crippen molar-refractivity contribution < 1.29 is 14.3 Å². The number of carbonyl (C=O) groups excluding carboxylic acids is 1. The highest BCUT2D eigenvalue weighted by Crippen LogP contribution is 2.24. The molecule has 0 saturated carbocycles. The first-order valence-corrected chi connectivity index (χ1v) is 8.54. The zero-order valence-corrected chi connectivity index (χ0v) is 14.1. The summed E-state index contributed by atoms with van der Waals surface area (Å²) in [7, 11) is 0. The molecule has 0 aliphatic heterocycles. The molecule has 0 N–H and O–H groups in total. The van der Waals surface area contributed by atoms with Crippen LogP contribution in [-0.4, -0.2) is 17.6 Å². The molecule has 0 amide bonds. The fourth-order valence-electron chi connectivity index (χ4n) is 2.22. The number of ether oxygens (including phenoxy) is 2. The van der Waals surface area contributed by atoms with Crippen molar-refractivity contribution >= 4 is 17.3 Å². The molecule has 0 spiro atoms. The highest BCUT2D eigenvalue weighted by Gasteiger charge is 2.14. The third-order valence-electron chi connectivity index (χ3n) is 3.33. The zero-order valence-electron chi connectivity index (χ0n) is 13.3. The Kier molecular flexibility index (Phi) is 5.23. The van der Waals surface area contributed by atoms with Gasteiger partial charge in [0, 0.05) is 10.9 Å². The Morgan fingerprint density at radius 3 is 2.62 bits per heavy atom. The van der Waals surface area contributed by atoms with Crippen LogP contribution in [0.2, 0.25) is 0 Å². The van der Waals surface area contributed by atoms with E-state index in [1.807, 2.05) is 48.7 Å². The van der Waals surface area contributed by atoms with E-state index in [0.29, 0.717) is 17.9 Å². The fraction of sp³-hybridized carbons (Fsp3) is 0.158. The van der Waals surface area contributed by atoms with Crippen LogP contribution in [0.1, 0.15) is 23.0 Å². The zero-order chi connectivity index (χ0) is 16.8. The molecule has 0 radical (unpaired) electrons. The van der Waals surface area contributed by atoms with Crippen molar-refractivity contribution in [2.45, 2.75) is 13.5 Å². The second-order valence-electron chi connectivity index (χ2n) is 5.02. The molecule has 0 bridgehead atoms. The van der Waals surface area contributed by atoms with Crippen molar-refractivity contribution in [2.75, 3.05) is 6.61 Å². The van der Waals surface area contributed by atoms with Crippen molar-refractivity contribution in [3.05, 3.63) is 71.2 Å². The summed E-state index contributed by atoms with van der Waals surface area (Å²) in [5, 5.41) is 2.82. The SMILES string of the molecule is CCOc1ccccc1C(=O)OCc1csc(-c2ccccc2)n1. The highest BCUT2D eigenvalue weighted by atomic mass is 32.1. The molecule has 0 atom stereocenters. The summed E-state index contributed by atoms with van der Waals surface area (Å²) in [5.41, 5.74) is 2.22. The first-order valence-electron chi connectivity index (χ1n) is 7.66. The minimum atomic E-state index is -0.409. The monoisotopic (exact) mass is 339 g/mol. The average Bonchev–Trinajstić information content (AvgIpc) is 3.10. The molecule has 3 aromatic rings. The lowest BCUT2D eigenvalue weighted by Gasteiger charge is -2.09. The third kappa shape index (κ3) is 3.81. The average molecular weight is 339 g/mol. The van der Waals surface area contributed by atoms with E-state index < -0.39 is 5.97 Å². The first-order chi connectivity index (χ1) is 11.8. The van der Waals surface area contributed by atoms with E-state index in [9.17, 15) is 4.79 Å². The smallest absolute Gasteiger partial charge is 0.342 e.